The summed E-state index contributed by atoms with van der Waals surface area (Å²) in [5, 5.41) is 0. The molecular weight excluding hydrogens is 434 g/mol. The van der Waals surface area contributed by atoms with E-state index in [4.69, 9.17) is 9.47 Å². The highest BCUT2D eigenvalue weighted by molar-refractivity contribution is 5.71. The van der Waals surface area contributed by atoms with Crippen LogP contribution in [0.3, 0.4) is 0 Å². The van der Waals surface area contributed by atoms with Gasteiger partial charge in [-0.25, -0.2) is 4.79 Å². The van der Waals surface area contributed by atoms with Gasteiger partial charge in [0.05, 0.1) is 20.2 Å². The fraction of sp³-hybridized carbons (Fsp3) is 0.680. The Hall–Kier alpha value is -2.20. The van der Waals surface area contributed by atoms with Gasteiger partial charge in [-0.3, -0.25) is 19.5 Å². The number of likely N-dealkylation sites (N-methyl/N-ethyl adjacent to an activating group) is 1. The molecular formula is C25H39N5O4. The molecule has 0 aromatic heterocycles. The Morgan fingerprint density at radius 2 is 1.71 bits per heavy atom. The molecule has 3 heterocycles. The van der Waals surface area contributed by atoms with Gasteiger partial charge in [-0.1, -0.05) is 30.3 Å². The highest BCUT2D eigenvalue weighted by Gasteiger charge is 2.39. The molecule has 1 amide bonds. The molecule has 9 heteroatoms. The molecule has 0 saturated carbocycles. The Balaban J connectivity index is 1.24. The Morgan fingerprint density at radius 3 is 2.38 bits per heavy atom. The van der Waals surface area contributed by atoms with Crippen molar-refractivity contribution in [2.24, 2.45) is 0 Å². The predicted octanol–water partition coefficient (Wildman–Crippen LogP) is 1.15. The number of amides is 1. The van der Waals surface area contributed by atoms with E-state index < -0.39 is 0 Å². The number of ether oxygens (including phenoxy) is 2. The van der Waals surface area contributed by atoms with Crippen LogP contribution in [0.25, 0.3) is 0 Å². The first-order chi connectivity index (χ1) is 16.5. The number of nitrogens with zero attached hydrogens (tertiary/aromatic N) is 5. The van der Waals surface area contributed by atoms with Crippen LogP contribution >= 0.6 is 0 Å². The molecule has 3 aliphatic heterocycles. The molecule has 3 fully saturated rings. The van der Waals surface area contributed by atoms with Crippen molar-refractivity contribution in [3.8, 4) is 0 Å². The SMILES string of the molecule is COC(=O)CN1CCN(C2CN(C)C(=O)O2)C(CCCN2CCN(Cc3ccccc3)CC2)C1. The molecule has 9 nitrogen and oxygen atoms in total. The summed E-state index contributed by atoms with van der Waals surface area (Å²) in [4.78, 5) is 35.0. The average Bonchev–Trinajstić information content (AvgIpc) is 3.18. The molecule has 3 saturated heterocycles. The van der Waals surface area contributed by atoms with Gasteiger partial charge in [-0.05, 0) is 24.9 Å². The van der Waals surface area contributed by atoms with Crippen molar-refractivity contribution in [1.29, 1.82) is 0 Å². The van der Waals surface area contributed by atoms with Crippen LogP contribution in [-0.2, 0) is 20.8 Å². The minimum Gasteiger partial charge on any atom is -0.468 e. The Labute approximate surface area is 203 Å². The minimum atomic E-state index is -0.255. The fourth-order valence-electron chi connectivity index (χ4n) is 5.25. The van der Waals surface area contributed by atoms with Crippen LogP contribution in [0, 0.1) is 0 Å². The smallest absolute Gasteiger partial charge is 0.411 e. The minimum absolute atomic E-state index is 0.201. The normalized spacial score (nSPS) is 25.5. The summed E-state index contributed by atoms with van der Waals surface area (Å²) in [5.41, 5.74) is 1.38. The van der Waals surface area contributed by atoms with Crippen molar-refractivity contribution in [2.45, 2.75) is 31.7 Å². The molecule has 2 unspecified atom stereocenters. The maximum atomic E-state index is 11.9. The number of carbonyl (C=O) groups is 2. The molecule has 0 N–H and O–H groups in total. The second-order valence-corrected chi connectivity index (χ2v) is 9.67. The zero-order chi connectivity index (χ0) is 23.9. The molecule has 0 spiro atoms. The first-order valence-electron chi connectivity index (χ1n) is 12.5. The lowest BCUT2D eigenvalue weighted by atomic mass is 10.0. The fourth-order valence-corrected chi connectivity index (χ4v) is 5.25. The van der Waals surface area contributed by atoms with E-state index in [2.05, 4.69) is 49.9 Å². The number of cyclic esters (lactones) is 1. The number of hydrogen-bond acceptors (Lipinski definition) is 8. The van der Waals surface area contributed by atoms with Gasteiger partial charge in [-0.15, -0.1) is 0 Å². The van der Waals surface area contributed by atoms with E-state index in [0.29, 0.717) is 13.1 Å². The summed E-state index contributed by atoms with van der Waals surface area (Å²) in [5.74, 6) is -0.201. The third kappa shape index (κ3) is 6.69. The number of benzene rings is 1. The molecule has 2 atom stereocenters. The van der Waals surface area contributed by atoms with Crippen LogP contribution in [0.5, 0.6) is 0 Å². The number of rotatable bonds is 9. The lowest BCUT2D eigenvalue weighted by Crippen LogP contribution is -2.58. The van der Waals surface area contributed by atoms with Crippen molar-refractivity contribution in [3.05, 3.63) is 35.9 Å². The Bertz CT molecular complexity index is 802. The molecule has 0 aliphatic carbocycles. The van der Waals surface area contributed by atoms with Gasteiger partial charge < -0.3 is 19.3 Å². The first-order valence-corrected chi connectivity index (χ1v) is 12.5. The summed E-state index contributed by atoms with van der Waals surface area (Å²) < 4.78 is 10.5. The summed E-state index contributed by atoms with van der Waals surface area (Å²) >= 11 is 0. The maximum Gasteiger partial charge on any atom is 0.411 e. The molecule has 1 aromatic rings. The molecule has 34 heavy (non-hydrogen) atoms. The zero-order valence-electron chi connectivity index (χ0n) is 20.6. The number of methoxy groups -OCH3 is 1. The van der Waals surface area contributed by atoms with E-state index in [1.54, 1.807) is 11.9 Å². The van der Waals surface area contributed by atoms with Gasteiger partial charge in [0.15, 0.2) is 6.23 Å². The molecule has 1 aromatic carbocycles. The van der Waals surface area contributed by atoms with Gasteiger partial charge in [0.1, 0.15) is 0 Å². The highest BCUT2D eigenvalue weighted by Crippen LogP contribution is 2.23. The van der Waals surface area contributed by atoms with Crippen molar-refractivity contribution < 1.29 is 19.1 Å². The van der Waals surface area contributed by atoms with E-state index >= 15 is 0 Å². The second-order valence-electron chi connectivity index (χ2n) is 9.67. The van der Waals surface area contributed by atoms with Crippen LogP contribution in [0.1, 0.15) is 18.4 Å². The molecule has 4 rings (SSSR count). The Kier molecular flexibility index (Phi) is 8.77. The third-order valence-corrected chi connectivity index (χ3v) is 7.27. The van der Waals surface area contributed by atoms with E-state index in [1.807, 2.05) is 0 Å². The summed E-state index contributed by atoms with van der Waals surface area (Å²) in [6.45, 7) is 9.74. The standard InChI is InChI=1S/C25H39N5O4/c1-26-19-23(34-25(26)32)30-16-15-29(20-24(31)33-2)18-22(30)9-6-10-27-11-13-28(14-12-27)17-21-7-4-3-5-8-21/h3-5,7-8,22-23H,6,9-20H2,1-2H3. The number of carbonyl (C=O) groups excluding carboxylic acids is 2. The third-order valence-electron chi connectivity index (χ3n) is 7.27. The monoisotopic (exact) mass is 473 g/mol. The van der Waals surface area contributed by atoms with Crippen molar-refractivity contribution in [1.82, 2.24) is 24.5 Å². The molecule has 0 radical (unpaired) electrons. The maximum absolute atomic E-state index is 11.9. The summed E-state index contributed by atoms with van der Waals surface area (Å²) in [6, 6.07) is 10.9. The van der Waals surface area contributed by atoms with E-state index in [0.717, 1.165) is 71.7 Å². The van der Waals surface area contributed by atoms with Crippen LogP contribution in [0.15, 0.2) is 30.3 Å². The van der Waals surface area contributed by atoms with Crippen molar-refractivity contribution in [3.63, 3.8) is 0 Å². The van der Waals surface area contributed by atoms with Crippen LogP contribution in [-0.4, -0.2) is 128 Å². The first kappa shape index (κ1) is 24.9. The van der Waals surface area contributed by atoms with E-state index in [-0.39, 0.29) is 24.3 Å². The lowest BCUT2D eigenvalue weighted by molar-refractivity contribution is -0.143. The summed E-state index contributed by atoms with van der Waals surface area (Å²) in [6.07, 6.45) is 1.64. The van der Waals surface area contributed by atoms with Crippen LogP contribution < -0.4 is 0 Å². The summed E-state index contributed by atoms with van der Waals surface area (Å²) in [7, 11) is 3.21. The van der Waals surface area contributed by atoms with Gasteiger partial charge >= 0.3 is 12.1 Å². The van der Waals surface area contributed by atoms with Gasteiger partial charge in [-0.2, -0.15) is 0 Å². The van der Waals surface area contributed by atoms with E-state index in [1.165, 1.54) is 12.7 Å². The molecule has 188 valence electrons. The lowest BCUT2D eigenvalue weighted by Gasteiger charge is -2.43. The Morgan fingerprint density at radius 1 is 1.00 bits per heavy atom. The number of hydrogen-bond donors (Lipinski definition) is 0. The van der Waals surface area contributed by atoms with Crippen LogP contribution in [0.2, 0.25) is 0 Å². The quantitative estimate of drug-likeness (QED) is 0.495. The largest absolute Gasteiger partial charge is 0.468 e. The van der Waals surface area contributed by atoms with Gasteiger partial charge in [0, 0.05) is 65.4 Å². The van der Waals surface area contributed by atoms with Crippen LogP contribution in [0.4, 0.5) is 4.79 Å². The average molecular weight is 474 g/mol. The number of esters is 1. The molecule has 3 aliphatic rings. The second kappa shape index (κ2) is 12.0. The highest BCUT2D eigenvalue weighted by atomic mass is 16.6. The zero-order valence-corrected chi connectivity index (χ0v) is 20.6. The van der Waals surface area contributed by atoms with Crippen molar-refractivity contribution >= 4 is 12.1 Å². The number of piperazine rings is 2. The van der Waals surface area contributed by atoms with E-state index in [9.17, 15) is 9.59 Å². The molecule has 0 bridgehead atoms. The predicted molar refractivity (Wildman–Crippen MR) is 129 cm³/mol. The van der Waals surface area contributed by atoms with Gasteiger partial charge in [0.25, 0.3) is 0 Å². The topological polar surface area (TPSA) is 68.8 Å². The van der Waals surface area contributed by atoms with Gasteiger partial charge in [0.2, 0.25) is 0 Å². The van der Waals surface area contributed by atoms with Crippen molar-refractivity contribution in [2.75, 3.05) is 79.6 Å².